The summed E-state index contributed by atoms with van der Waals surface area (Å²) < 4.78 is 60.3. The number of imide groups is 2. The van der Waals surface area contributed by atoms with Crippen molar-refractivity contribution in [3.05, 3.63) is 147 Å². The number of nitrogens with one attached hydrogen (secondary N) is 3. The number of carboxylic acid groups (broad SMARTS) is 1. The molecule has 9 fully saturated rings. The molecule has 7 amide bonds. The van der Waals surface area contributed by atoms with Crippen LogP contribution in [0.4, 0.5) is 22.1 Å². The Kier molecular flexibility index (Phi) is 23.9. The Hall–Kier alpha value is -9.20. The van der Waals surface area contributed by atoms with Gasteiger partial charge in [-0.3, -0.25) is 48.8 Å². The molecular formula is C87H111N15O13S2. The fraction of sp³-hybridized carbons (Fsp3) is 0.563. The number of anilines is 3. The molecule has 6 aromatic rings. The number of hydrogen-bond donors (Lipinski definition) is 4. The SMILES string of the molecule is CC(C)(C)N(C(=O)O)C1CCN(S(=O)(=O)c2cccc(C3CCN(CC4CCN(c5ccc6c(c5)CN(C5CCC(=O)NC5=O)C6=O)CC4)CC3)c2)CC1.O=C1CCC(N2Cc3cc(C4CCN(CC5CCN(c6cccc(S(=O)(=O)N7CCC(Nc8ncc9ccc(=O)n(C%10CCCC%10)c9n8)CC7)c6)CC5)CC4)ccc3C2=O)C(=O)N1. The van der Waals surface area contributed by atoms with Crippen LogP contribution in [0, 0.1) is 11.8 Å². The Balaban J connectivity index is 0.000000177. The first-order chi connectivity index (χ1) is 56.3. The highest BCUT2D eigenvalue weighted by molar-refractivity contribution is 7.89. The lowest BCUT2D eigenvalue weighted by Gasteiger charge is -2.43. The van der Waals surface area contributed by atoms with Crippen molar-refractivity contribution in [1.82, 2.24) is 58.3 Å². The predicted molar refractivity (Wildman–Crippen MR) is 443 cm³/mol. The monoisotopic (exact) mass is 1640 g/mol. The molecule has 1 saturated carbocycles. The van der Waals surface area contributed by atoms with Crippen molar-refractivity contribution in [2.45, 2.75) is 220 Å². The van der Waals surface area contributed by atoms with E-state index in [-0.39, 0.29) is 66.1 Å². The average Bonchev–Trinajstić information content (AvgIpc) is 1.83. The summed E-state index contributed by atoms with van der Waals surface area (Å²) >= 11 is 0. The van der Waals surface area contributed by atoms with Crippen LogP contribution in [0.3, 0.4) is 0 Å². The van der Waals surface area contributed by atoms with E-state index in [4.69, 9.17) is 4.98 Å². The molecule has 12 heterocycles. The lowest BCUT2D eigenvalue weighted by Crippen LogP contribution is -2.55. The largest absolute Gasteiger partial charge is 0.465 e. The third-order valence-electron chi connectivity index (χ3n) is 27.0. The van der Waals surface area contributed by atoms with E-state index in [9.17, 15) is 60.3 Å². The number of sulfonamides is 2. The average molecular weight is 1640 g/mol. The summed E-state index contributed by atoms with van der Waals surface area (Å²) in [6, 6.07) is 29.2. The van der Waals surface area contributed by atoms with Gasteiger partial charge in [-0.25, -0.2) is 26.6 Å². The molecule has 0 bridgehead atoms. The highest BCUT2D eigenvalue weighted by atomic mass is 32.2. The Morgan fingerprint density at radius 3 is 1.56 bits per heavy atom. The van der Waals surface area contributed by atoms with E-state index in [0.717, 1.165) is 176 Å². The maximum Gasteiger partial charge on any atom is 0.407 e. The quantitative estimate of drug-likeness (QED) is 0.0582. The zero-order valence-electron chi connectivity index (χ0n) is 67.5. The number of amides is 7. The Labute approximate surface area is 685 Å². The number of piperidine rings is 8. The van der Waals surface area contributed by atoms with Gasteiger partial charge in [-0.1, -0.05) is 43.2 Å². The molecule has 4 aromatic carbocycles. The van der Waals surface area contributed by atoms with Gasteiger partial charge < -0.3 is 44.7 Å². The maximum atomic E-state index is 14.0. The summed E-state index contributed by atoms with van der Waals surface area (Å²) in [5.41, 5.74) is 7.64. The molecule has 17 rings (SSSR count). The minimum Gasteiger partial charge on any atom is -0.465 e. The zero-order valence-corrected chi connectivity index (χ0v) is 69.1. The number of likely N-dealkylation sites (tertiary alicyclic amines) is 2. The van der Waals surface area contributed by atoms with Gasteiger partial charge in [0.1, 0.15) is 17.7 Å². The molecule has 2 unspecified atom stereocenters. The molecule has 1 aliphatic carbocycles. The number of benzene rings is 4. The van der Waals surface area contributed by atoms with Crippen LogP contribution in [0.2, 0.25) is 0 Å². The van der Waals surface area contributed by atoms with Crippen LogP contribution in [-0.4, -0.2) is 232 Å². The number of rotatable bonds is 18. The van der Waals surface area contributed by atoms with Crippen LogP contribution in [-0.2, 0) is 52.3 Å². The Morgan fingerprint density at radius 2 is 1.03 bits per heavy atom. The molecule has 28 nitrogen and oxygen atoms in total. The first-order valence-electron chi connectivity index (χ1n) is 42.6. The van der Waals surface area contributed by atoms with E-state index in [0.29, 0.717) is 134 Å². The lowest BCUT2D eigenvalue weighted by molar-refractivity contribution is -0.138. The fourth-order valence-corrected chi connectivity index (χ4v) is 23.5. The molecule has 4 N–H and O–H groups in total. The van der Waals surface area contributed by atoms with Crippen molar-refractivity contribution < 1.29 is 55.5 Å². The number of aromatic nitrogens is 3. The minimum atomic E-state index is -3.69. The number of nitrogens with zero attached hydrogens (tertiary/aromatic N) is 12. The van der Waals surface area contributed by atoms with Gasteiger partial charge in [-0.05, 0) is 256 Å². The molecular weight excluding hydrogens is 1530 g/mol. The number of hydrogen-bond acceptors (Lipinski definition) is 19. The minimum absolute atomic E-state index is 0.0164. The predicted octanol–water partition coefficient (Wildman–Crippen LogP) is 9.50. The topological polar surface area (TPSA) is 321 Å². The molecule has 0 radical (unpaired) electrons. The molecule has 11 aliphatic rings. The Bertz CT molecular complexity index is 5060. The molecule has 2 aromatic heterocycles. The van der Waals surface area contributed by atoms with Crippen molar-refractivity contribution >= 4 is 89.9 Å². The highest BCUT2D eigenvalue weighted by Gasteiger charge is 2.44. The van der Waals surface area contributed by atoms with Gasteiger partial charge in [0.25, 0.3) is 17.4 Å². The van der Waals surface area contributed by atoms with Crippen molar-refractivity contribution in [2.24, 2.45) is 11.8 Å². The first kappa shape index (κ1) is 81.5. The second kappa shape index (κ2) is 34.3. The Morgan fingerprint density at radius 1 is 0.530 bits per heavy atom. The molecule has 2 atom stereocenters. The second-order valence-corrected chi connectivity index (χ2v) is 39.2. The summed E-state index contributed by atoms with van der Waals surface area (Å²) in [7, 11) is -7.37. The summed E-state index contributed by atoms with van der Waals surface area (Å²) in [5.74, 6) is 0.761. The summed E-state index contributed by atoms with van der Waals surface area (Å²) in [6.07, 6.45) is 16.7. The van der Waals surface area contributed by atoms with Gasteiger partial charge in [0.05, 0.1) is 9.79 Å². The van der Waals surface area contributed by atoms with Gasteiger partial charge in [0, 0.05) is 155 Å². The number of pyridine rings is 1. The maximum absolute atomic E-state index is 14.0. The van der Waals surface area contributed by atoms with Crippen LogP contribution in [0.15, 0.2) is 118 Å². The van der Waals surface area contributed by atoms with Crippen LogP contribution in [0.5, 0.6) is 0 Å². The summed E-state index contributed by atoms with van der Waals surface area (Å²) in [4.78, 5) is 124. The van der Waals surface area contributed by atoms with E-state index in [2.05, 4.69) is 64.8 Å². The molecule has 30 heteroatoms. The molecule has 624 valence electrons. The van der Waals surface area contributed by atoms with Crippen LogP contribution >= 0.6 is 0 Å². The van der Waals surface area contributed by atoms with Crippen molar-refractivity contribution in [1.29, 1.82) is 0 Å². The van der Waals surface area contributed by atoms with Crippen LogP contribution in [0.25, 0.3) is 11.0 Å². The highest BCUT2D eigenvalue weighted by Crippen LogP contribution is 2.40. The van der Waals surface area contributed by atoms with Crippen molar-refractivity contribution in [3.63, 3.8) is 0 Å². The van der Waals surface area contributed by atoms with Gasteiger partial charge in [-0.2, -0.15) is 13.6 Å². The zero-order chi connectivity index (χ0) is 81.6. The van der Waals surface area contributed by atoms with E-state index in [1.54, 1.807) is 44.6 Å². The van der Waals surface area contributed by atoms with Gasteiger partial charge in [0.15, 0.2) is 0 Å². The standard InChI is InChI=1S/C47H57N9O6S.C40H54N6O7S/c57-42-12-11-41(45(59)50-42)55-30-35-26-33(8-10-40(35)46(55)60)32-16-20-52(21-17-32)29-31-14-22-53(23-15-31)38-6-3-7-39(27-38)63(61,62)54-24-18-36(19-25-54)49-47-48-28-34-9-13-43(58)56(44(34)51-47)37-4-1-2-5-37;1-40(2,3)46(39(50)51)31-15-21-44(22-16-31)54(52,53)33-6-4-5-29(24-33)28-13-17-42(18-14-28)25-27-11-19-43(20-12-27)32-7-8-34-30(23-32)26-45(38(34)49)35-9-10-36(47)41-37(35)48/h3,6-10,13,26-28,31-32,36-37,41H,1-2,4-5,11-12,14-25,29-30H2,(H,48,49,51)(H,50,57,59);4-8,23-24,27-28,31,35H,9-22,25-26H2,1-3H3,(H,50,51)(H,41,47,48). The summed E-state index contributed by atoms with van der Waals surface area (Å²) in [5, 5.41) is 18.8. The van der Waals surface area contributed by atoms with E-state index in [1.807, 2.05) is 73.9 Å². The van der Waals surface area contributed by atoms with Crippen molar-refractivity contribution in [3.8, 4) is 0 Å². The second-order valence-electron chi connectivity index (χ2n) is 35.4. The first-order valence-corrected chi connectivity index (χ1v) is 45.5. The van der Waals surface area contributed by atoms with Crippen LogP contribution in [0.1, 0.15) is 210 Å². The normalized spacial score (nSPS) is 23.0. The van der Waals surface area contributed by atoms with E-state index in [1.165, 1.54) is 14.8 Å². The summed E-state index contributed by atoms with van der Waals surface area (Å²) in [6.45, 7) is 17.6. The molecule has 0 spiro atoms. The van der Waals surface area contributed by atoms with E-state index >= 15 is 0 Å². The van der Waals surface area contributed by atoms with E-state index < -0.39 is 49.7 Å². The van der Waals surface area contributed by atoms with Gasteiger partial charge in [-0.15, -0.1) is 0 Å². The number of fused-ring (bicyclic) bond motifs is 3. The smallest absolute Gasteiger partial charge is 0.407 e. The van der Waals surface area contributed by atoms with Gasteiger partial charge in [0.2, 0.25) is 49.6 Å². The molecule has 8 saturated heterocycles. The lowest BCUT2D eigenvalue weighted by atomic mass is 9.87. The van der Waals surface area contributed by atoms with Crippen LogP contribution < -0.4 is 31.3 Å². The fourth-order valence-electron chi connectivity index (χ4n) is 20.4. The third kappa shape index (κ3) is 17.6. The number of carbonyl (C=O) groups excluding carboxylic acids is 6. The molecule has 117 heavy (non-hydrogen) atoms. The molecule has 10 aliphatic heterocycles. The van der Waals surface area contributed by atoms with Gasteiger partial charge >= 0.3 is 6.09 Å². The third-order valence-corrected chi connectivity index (χ3v) is 30.8. The van der Waals surface area contributed by atoms with Crippen molar-refractivity contribution in [2.75, 3.05) is 107 Å². The number of carbonyl (C=O) groups is 7.